The van der Waals surface area contributed by atoms with E-state index in [4.69, 9.17) is 22.1 Å². The topological polar surface area (TPSA) is 35.2 Å². The third kappa shape index (κ3) is 4.03. The number of rotatable bonds is 5. The molecule has 0 atom stereocenters. The standard InChI is InChI=1S/C15H15ClFNO/c16-14-3-1-2-12(6-14)9-19-10-13-5-4-11(8-18)7-15(13)17/h1-7H,8-10,18H2. The van der Waals surface area contributed by atoms with Crippen LogP contribution >= 0.6 is 11.6 Å². The maximum absolute atomic E-state index is 13.7. The summed E-state index contributed by atoms with van der Waals surface area (Å²) in [5.41, 5.74) is 7.71. The molecule has 100 valence electrons. The van der Waals surface area contributed by atoms with Gasteiger partial charge in [0.2, 0.25) is 0 Å². The lowest BCUT2D eigenvalue weighted by atomic mass is 10.1. The lowest BCUT2D eigenvalue weighted by Gasteiger charge is -2.07. The summed E-state index contributed by atoms with van der Waals surface area (Å²) >= 11 is 5.87. The number of nitrogens with two attached hydrogens (primary N) is 1. The van der Waals surface area contributed by atoms with Crippen LogP contribution in [0.2, 0.25) is 5.02 Å². The van der Waals surface area contributed by atoms with Gasteiger partial charge in [0.15, 0.2) is 0 Å². The van der Waals surface area contributed by atoms with Crippen molar-refractivity contribution in [3.05, 3.63) is 70.0 Å². The van der Waals surface area contributed by atoms with Crippen molar-refractivity contribution in [1.29, 1.82) is 0 Å². The highest BCUT2D eigenvalue weighted by atomic mass is 35.5. The smallest absolute Gasteiger partial charge is 0.129 e. The molecule has 0 amide bonds. The molecular formula is C15H15ClFNO. The van der Waals surface area contributed by atoms with Crippen LogP contribution in [0.25, 0.3) is 0 Å². The van der Waals surface area contributed by atoms with Gasteiger partial charge in [0.05, 0.1) is 13.2 Å². The summed E-state index contributed by atoms with van der Waals surface area (Å²) in [7, 11) is 0. The van der Waals surface area contributed by atoms with Crippen molar-refractivity contribution in [3.63, 3.8) is 0 Å². The fraction of sp³-hybridized carbons (Fsp3) is 0.200. The number of halogens is 2. The number of ether oxygens (including phenoxy) is 1. The fourth-order valence-corrected chi connectivity index (χ4v) is 1.95. The summed E-state index contributed by atoms with van der Waals surface area (Å²) in [5.74, 6) is -0.283. The van der Waals surface area contributed by atoms with E-state index in [2.05, 4.69) is 0 Å². The molecule has 0 spiro atoms. The third-order valence-corrected chi connectivity index (χ3v) is 3.00. The van der Waals surface area contributed by atoms with Gasteiger partial charge in [0, 0.05) is 17.1 Å². The lowest BCUT2D eigenvalue weighted by Crippen LogP contribution is -2.01. The molecular weight excluding hydrogens is 265 g/mol. The predicted molar refractivity (Wildman–Crippen MR) is 74.2 cm³/mol. The monoisotopic (exact) mass is 279 g/mol. The highest BCUT2D eigenvalue weighted by molar-refractivity contribution is 6.30. The van der Waals surface area contributed by atoms with Crippen LogP contribution in [0.4, 0.5) is 4.39 Å². The van der Waals surface area contributed by atoms with Crippen LogP contribution in [-0.4, -0.2) is 0 Å². The van der Waals surface area contributed by atoms with E-state index in [1.165, 1.54) is 6.07 Å². The minimum atomic E-state index is -0.283. The summed E-state index contributed by atoms with van der Waals surface area (Å²) in [4.78, 5) is 0. The van der Waals surface area contributed by atoms with Crippen molar-refractivity contribution < 1.29 is 9.13 Å². The van der Waals surface area contributed by atoms with Crippen molar-refractivity contribution >= 4 is 11.6 Å². The summed E-state index contributed by atoms with van der Waals surface area (Å²) in [6, 6.07) is 12.4. The van der Waals surface area contributed by atoms with E-state index in [0.29, 0.717) is 23.7 Å². The van der Waals surface area contributed by atoms with Gasteiger partial charge < -0.3 is 10.5 Å². The van der Waals surface area contributed by atoms with Gasteiger partial charge in [0.25, 0.3) is 0 Å². The van der Waals surface area contributed by atoms with E-state index in [1.807, 2.05) is 18.2 Å². The van der Waals surface area contributed by atoms with Crippen molar-refractivity contribution in [3.8, 4) is 0 Å². The summed E-state index contributed by atoms with van der Waals surface area (Å²) < 4.78 is 19.2. The predicted octanol–water partition coefficient (Wildman–Crippen LogP) is 3.65. The van der Waals surface area contributed by atoms with E-state index in [-0.39, 0.29) is 12.4 Å². The first-order valence-corrected chi connectivity index (χ1v) is 6.36. The van der Waals surface area contributed by atoms with Gasteiger partial charge in [-0.15, -0.1) is 0 Å². The van der Waals surface area contributed by atoms with Crippen molar-refractivity contribution in [1.82, 2.24) is 0 Å². The van der Waals surface area contributed by atoms with Crippen molar-refractivity contribution in [2.75, 3.05) is 0 Å². The van der Waals surface area contributed by atoms with Crippen LogP contribution in [0.1, 0.15) is 16.7 Å². The largest absolute Gasteiger partial charge is 0.372 e. The van der Waals surface area contributed by atoms with Crippen molar-refractivity contribution in [2.45, 2.75) is 19.8 Å². The maximum Gasteiger partial charge on any atom is 0.129 e. The van der Waals surface area contributed by atoms with Gasteiger partial charge in [-0.1, -0.05) is 35.9 Å². The minimum absolute atomic E-state index is 0.225. The summed E-state index contributed by atoms with van der Waals surface area (Å²) in [6.07, 6.45) is 0. The van der Waals surface area contributed by atoms with Gasteiger partial charge in [-0.2, -0.15) is 0 Å². The maximum atomic E-state index is 13.7. The van der Waals surface area contributed by atoms with Gasteiger partial charge in [-0.3, -0.25) is 0 Å². The average Bonchev–Trinajstić information content (AvgIpc) is 2.40. The zero-order chi connectivity index (χ0) is 13.7. The highest BCUT2D eigenvalue weighted by Crippen LogP contribution is 2.14. The molecule has 0 aliphatic carbocycles. The minimum Gasteiger partial charge on any atom is -0.372 e. The van der Waals surface area contributed by atoms with Crippen LogP contribution in [0.3, 0.4) is 0 Å². The second kappa shape index (κ2) is 6.66. The normalized spacial score (nSPS) is 10.7. The molecule has 0 saturated carbocycles. The number of hydrogen-bond donors (Lipinski definition) is 1. The van der Waals surface area contributed by atoms with Gasteiger partial charge >= 0.3 is 0 Å². The zero-order valence-electron chi connectivity index (χ0n) is 10.4. The SMILES string of the molecule is NCc1ccc(COCc2cccc(Cl)c2)c(F)c1. The van der Waals surface area contributed by atoms with E-state index in [9.17, 15) is 4.39 Å². The highest BCUT2D eigenvalue weighted by Gasteiger charge is 2.03. The average molecular weight is 280 g/mol. The van der Waals surface area contributed by atoms with Gasteiger partial charge in [-0.05, 0) is 29.3 Å². The van der Waals surface area contributed by atoms with Crippen LogP contribution in [0.5, 0.6) is 0 Å². The van der Waals surface area contributed by atoms with E-state index >= 15 is 0 Å². The second-order valence-corrected chi connectivity index (χ2v) is 4.69. The molecule has 2 rings (SSSR count). The fourth-order valence-electron chi connectivity index (χ4n) is 1.74. The summed E-state index contributed by atoms with van der Waals surface area (Å²) in [5, 5.41) is 0.666. The Hall–Kier alpha value is -1.42. The Balaban J connectivity index is 1.92. The van der Waals surface area contributed by atoms with Crippen molar-refractivity contribution in [2.24, 2.45) is 5.73 Å². The molecule has 0 radical (unpaired) electrons. The molecule has 2 N–H and O–H groups in total. The molecule has 0 heterocycles. The van der Waals surface area contributed by atoms with E-state index < -0.39 is 0 Å². The first kappa shape index (κ1) is 14.0. The lowest BCUT2D eigenvalue weighted by molar-refractivity contribution is 0.105. The molecule has 2 aromatic rings. The molecule has 0 unspecified atom stereocenters. The van der Waals surface area contributed by atoms with Crippen LogP contribution in [-0.2, 0) is 24.5 Å². The first-order valence-electron chi connectivity index (χ1n) is 5.98. The van der Waals surface area contributed by atoms with Crippen LogP contribution < -0.4 is 5.73 Å². The Kier molecular flexibility index (Phi) is 4.91. The van der Waals surface area contributed by atoms with E-state index in [0.717, 1.165) is 11.1 Å². The van der Waals surface area contributed by atoms with Crippen LogP contribution in [0, 0.1) is 5.82 Å². The van der Waals surface area contributed by atoms with Gasteiger partial charge in [-0.25, -0.2) is 4.39 Å². The van der Waals surface area contributed by atoms with Gasteiger partial charge in [0.1, 0.15) is 5.82 Å². The molecule has 0 saturated heterocycles. The Labute approximate surface area is 117 Å². The molecule has 4 heteroatoms. The quantitative estimate of drug-likeness (QED) is 0.907. The molecule has 2 aromatic carbocycles. The molecule has 19 heavy (non-hydrogen) atoms. The zero-order valence-corrected chi connectivity index (χ0v) is 11.2. The third-order valence-electron chi connectivity index (χ3n) is 2.77. The first-order chi connectivity index (χ1) is 9.19. The Morgan fingerprint density at radius 1 is 1.05 bits per heavy atom. The number of benzene rings is 2. The Bertz CT molecular complexity index is 560. The molecule has 0 aliphatic heterocycles. The summed E-state index contributed by atoms with van der Waals surface area (Å²) in [6.45, 7) is 0.961. The number of hydrogen-bond acceptors (Lipinski definition) is 2. The molecule has 2 nitrogen and oxygen atoms in total. The molecule has 0 aromatic heterocycles. The Morgan fingerprint density at radius 2 is 1.89 bits per heavy atom. The Morgan fingerprint density at radius 3 is 2.58 bits per heavy atom. The second-order valence-electron chi connectivity index (χ2n) is 4.25. The molecule has 0 fully saturated rings. The molecule has 0 aliphatic rings. The van der Waals surface area contributed by atoms with Crippen LogP contribution in [0.15, 0.2) is 42.5 Å². The molecule has 0 bridgehead atoms. The van der Waals surface area contributed by atoms with E-state index in [1.54, 1.807) is 18.2 Å².